The molecule has 0 radical (unpaired) electrons. The molecule has 0 spiro atoms. The van der Waals surface area contributed by atoms with E-state index in [1.807, 2.05) is 6.92 Å². The molecule has 1 aromatic rings. The zero-order valence-corrected chi connectivity index (χ0v) is 8.96. The van der Waals surface area contributed by atoms with Crippen molar-refractivity contribution in [2.75, 3.05) is 0 Å². The van der Waals surface area contributed by atoms with Gasteiger partial charge in [-0.1, -0.05) is 12.1 Å². The SMILES string of the molecule is CC1=CNC=C(c2ccc(F)cc2)C(=O)C1. The first-order chi connectivity index (χ1) is 7.66. The lowest BCUT2D eigenvalue weighted by Gasteiger charge is -2.04. The molecular formula is C13H12FNO. The molecule has 1 aliphatic heterocycles. The Hall–Kier alpha value is -1.90. The summed E-state index contributed by atoms with van der Waals surface area (Å²) in [4.78, 5) is 11.9. The van der Waals surface area contributed by atoms with Gasteiger partial charge in [0, 0.05) is 18.2 Å². The van der Waals surface area contributed by atoms with Crippen LogP contribution in [0.25, 0.3) is 5.57 Å². The minimum Gasteiger partial charge on any atom is -0.367 e. The summed E-state index contributed by atoms with van der Waals surface area (Å²) in [6.45, 7) is 1.90. The predicted octanol–water partition coefficient (Wildman–Crippen LogP) is 2.63. The van der Waals surface area contributed by atoms with Gasteiger partial charge in [-0.25, -0.2) is 4.39 Å². The summed E-state index contributed by atoms with van der Waals surface area (Å²) in [7, 11) is 0. The van der Waals surface area contributed by atoms with Crippen LogP contribution < -0.4 is 5.32 Å². The number of benzene rings is 1. The second-order valence-electron chi connectivity index (χ2n) is 3.82. The van der Waals surface area contributed by atoms with Crippen molar-refractivity contribution in [3.05, 3.63) is 53.6 Å². The Morgan fingerprint density at radius 3 is 2.56 bits per heavy atom. The Bertz CT molecular complexity index is 471. The monoisotopic (exact) mass is 217 g/mol. The molecule has 1 heterocycles. The minimum atomic E-state index is -0.298. The van der Waals surface area contributed by atoms with Gasteiger partial charge in [0.05, 0.1) is 0 Å². The zero-order chi connectivity index (χ0) is 11.5. The summed E-state index contributed by atoms with van der Waals surface area (Å²) in [6.07, 6.45) is 3.86. The van der Waals surface area contributed by atoms with Crippen molar-refractivity contribution in [2.45, 2.75) is 13.3 Å². The van der Waals surface area contributed by atoms with Gasteiger partial charge in [0.25, 0.3) is 0 Å². The molecule has 1 aromatic carbocycles. The molecule has 3 heteroatoms. The Labute approximate surface area is 93.5 Å². The fourth-order valence-corrected chi connectivity index (χ4v) is 1.62. The number of Topliss-reactive ketones (excluding diaryl/α,β-unsaturated/α-hetero) is 1. The van der Waals surface area contributed by atoms with Crippen LogP contribution in [-0.4, -0.2) is 5.78 Å². The van der Waals surface area contributed by atoms with Crippen LogP contribution in [0.1, 0.15) is 18.9 Å². The molecule has 0 amide bonds. The Morgan fingerprint density at radius 1 is 1.19 bits per heavy atom. The van der Waals surface area contributed by atoms with Crippen LogP contribution in [0.5, 0.6) is 0 Å². The molecular weight excluding hydrogens is 205 g/mol. The van der Waals surface area contributed by atoms with Crippen LogP contribution in [0, 0.1) is 5.82 Å². The van der Waals surface area contributed by atoms with Gasteiger partial charge in [0.2, 0.25) is 0 Å². The molecule has 16 heavy (non-hydrogen) atoms. The number of hydrogen-bond acceptors (Lipinski definition) is 2. The molecule has 1 N–H and O–H groups in total. The summed E-state index contributed by atoms with van der Waals surface area (Å²) >= 11 is 0. The third kappa shape index (κ3) is 2.19. The van der Waals surface area contributed by atoms with Gasteiger partial charge in [-0.2, -0.15) is 0 Å². The van der Waals surface area contributed by atoms with Gasteiger partial charge < -0.3 is 5.32 Å². The molecule has 0 aliphatic carbocycles. The number of halogens is 1. The van der Waals surface area contributed by atoms with E-state index in [0.717, 1.165) is 11.1 Å². The van der Waals surface area contributed by atoms with E-state index in [0.29, 0.717) is 12.0 Å². The lowest BCUT2D eigenvalue weighted by Crippen LogP contribution is -2.02. The predicted molar refractivity (Wildman–Crippen MR) is 60.9 cm³/mol. The third-order valence-corrected chi connectivity index (χ3v) is 2.45. The maximum absolute atomic E-state index is 12.8. The minimum absolute atomic E-state index is 0.0466. The quantitative estimate of drug-likeness (QED) is 0.783. The number of ketones is 1. The lowest BCUT2D eigenvalue weighted by atomic mass is 9.99. The number of nitrogens with one attached hydrogen (secondary N) is 1. The highest BCUT2D eigenvalue weighted by molar-refractivity contribution is 6.21. The molecule has 0 atom stereocenters. The van der Waals surface area contributed by atoms with E-state index in [4.69, 9.17) is 0 Å². The maximum Gasteiger partial charge on any atom is 0.169 e. The van der Waals surface area contributed by atoms with Crippen molar-refractivity contribution in [2.24, 2.45) is 0 Å². The molecule has 0 aromatic heterocycles. The Morgan fingerprint density at radius 2 is 1.88 bits per heavy atom. The van der Waals surface area contributed by atoms with Gasteiger partial charge in [-0.15, -0.1) is 0 Å². The molecule has 2 rings (SSSR count). The van der Waals surface area contributed by atoms with E-state index in [1.54, 1.807) is 24.5 Å². The van der Waals surface area contributed by atoms with E-state index in [2.05, 4.69) is 5.32 Å². The van der Waals surface area contributed by atoms with Gasteiger partial charge >= 0.3 is 0 Å². The lowest BCUT2D eigenvalue weighted by molar-refractivity contribution is -0.113. The Balaban J connectivity index is 2.31. The number of rotatable bonds is 1. The Kier molecular flexibility index (Phi) is 2.86. The summed E-state index contributed by atoms with van der Waals surface area (Å²) < 4.78 is 12.8. The average molecular weight is 217 g/mol. The van der Waals surface area contributed by atoms with Crippen LogP contribution in [0.2, 0.25) is 0 Å². The van der Waals surface area contributed by atoms with Crippen LogP contribution in [-0.2, 0) is 4.79 Å². The van der Waals surface area contributed by atoms with Crippen molar-refractivity contribution in [3.63, 3.8) is 0 Å². The fourth-order valence-electron chi connectivity index (χ4n) is 1.62. The van der Waals surface area contributed by atoms with Crippen LogP contribution >= 0.6 is 0 Å². The number of carbonyl (C=O) groups is 1. The van der Waals surface area contributed by atoms with Gasteiger partial charge in [-0.3, -0.25) is 4.79 Å². The van der Waals surface area contributed by atoms with Crippen LogP contribution in [0.3, 0.4) is 0 Å². The van der Waals surface area contributed by atoms with E-state index in [1.165, 1.54) is 12.1 Å². The van der Waals surface area contributed by atoms with Crippen molar-refractivity contribution < 1.29 is 9.18 Å². The first-order valence-corrected chi connectivity index (χ1v) is 5.08. The summed E-state index contributed by atoms with van der Waals surface area (Å²) in [5.41, 5.74) is 2.31. The first-order valence-electron chi connectivity index (χ1n) is 5.08. The van der Waals surface area contributed by atoms with Crippen LogP contribution in [0.4, 0.5) is 4.39 Å². The molecule has 0 saturated carbocycles. The first kappa shape index (κ1) is 10.6. The summed E-state index contributed by atoms with van der Waals surface area (Å²) in [5.74, 6) is -0.252. The van der Waals surface area contributed by atoms with Gasteiger partial charge in [0.15, 0.2) is 5.78 Å². The maximum atomic E-state index is 12.8. The highest BCUT2D eigenvalue weighted by atomic mass is 19.1. The average Bonchev–Trinajstić information content (AvgIpc) is 2.41. The second kappa shape index (κ2) is 4.31. The molecule has 0 unspecified atom stereocenters. The molecule has 82 valence electrons. The second-order valence-corrected chi connectivity index (χ2v) is 3.82. The van der Waals surface area contributed by atoms with Gasteiger partial charge in [0.1, 0.15) is 5.82 Å². The fraction of sp³-hybridized carbons (Fsp3) is 0.154. The summed E-state index contributed by atoms with van der Waals surface area (Å²) in [6, 6.07) is 5.94. The van der Waals surface area contributed by atoms with Crippen molar-refractivity contribution in [3.8, 4) is 0 Å². The third-order valence-electron chi connectivity index (χ3n) is 2.45. The largest absolute Gasteiger partial charge is 0.367 e. The molecule has 0 bridgehead atoms. The number of carbonyl (C=O) groups excluding carboxylic acids is 1. The highest BCUT2D eigenvalue weighted by Crippen LogP contribution is 2.20. The standard InChI is InChI=1S/C13H12FNO/c1-9-6-13(16)12(8-15-7-9)10-2-4-11(14)5-3-10/h2-5,7-8,15H,6H2,1H3. The number of hydrogen-bond donors (Lipinski definition) is 1. The van der Waals surface area contributed by atoms with E-state index in [9.17, 15) is 9.18 Å². The van der Waals surface area contributed by atoms with E-state index < -0.39 is 0 Å². The normalized spacial score (nSPS) is 16.0. The number of allylic oxidation sites excluding steroid dienone is 2. The van der Waals surface area contributed by atoms with E-state index in [-0.39, 0.29) is 11.6 Å². The van der Waals surface area contributed by atoms with Crippen molar-refractivity contribution in [1.82, 2.24) is 5.32 Å². The summed E-state index contributed by atoms with van der Waals surface area (Å²) in [5, 5.41) is 2.95. The molecule has 2 nitrogen and oxygen atoms in total. The van der Waals surface area contributed by atoms with E-state index >= 15 is 0 Å². The molecule has 0 fully saturated rings. The van der Waals surface area contributed by atoms with Crippen molar-refractivity contribution in [1.29, 1.82) is 0 Å². The van der Waals surface area contributed by atoms with Crippen molar-refractivity contribution >= 4 is 11.4 Å². The molecule has 1 aliphatic rings. The van der Waals surface area contributed by atoms with Gasteiger partial charge in [-0.05, 0) is 36.4 Å². The molecule has 0 saturated heterocycles. The van der Waals surface area contributed by atoms with Crippen LogP contribution in [0.15, 0.2) is 42.2 Å². The smallest absolute Gasteiger partial charge is 0.169 e. The zero-order valence-electron chi connectivity index (χ0n) is 8.96. The topological polar surface area (TPSA) is 29.1 Å². The highest BCUT2D eigenvalue weighted by Gasteiger charge is 2.14.